The van der Waals surface area contributed by atoms with Gasteiger partial charge in [-0.3, -0.25) is 4.79 Å². The Kier molecular flexibility index (Phi) is 5.13. The Labute approximate surface area is 123 Å². The minimum Gasteiger partial charge on any atom is -0.365 e. The van der Waals surface area contributed by atoms with Crippen LogP contribution in [0.2, 0.25) is 5.02 Å². The van der Waals surface area contributed by atoms with Gasteiger partial charge in [0, 0.05) is 10.6 Å². The second-order valence-electron chi connectivity index (χ2n) is 4.57. The van der Waals surface area contributed by atoms with Crippen molar-refractivity contribution in [2.45, 2.75) is 43.3 Å². The normalized spacial score (nSPS) is 22.5. The molecule has 0 aromatic heterocycles. The van der Waals surface area contributed by atoms with Crippen molar-refractivity contribution in [2.24, 2.45) is 0 Å². The highest BCUT2D eigenvalue weighted by Crippen LogP contribution is 2.29. The molecule has 1 saturated heterocycles. The second kappa shape index (κ2) is 6.64. The first-order chi connectivity index (χ1) is 9.13. The van der Waals surface area contributed by atoms with Gasteiger partial charge in [-0.15, -0.1) is 11.8 Å². The Morgan fingerprint density at radius 1 is 1.53 bits per heavy atom. The van der Waals surface area contributed by atoms with Gasteiger partial charge in [-0.25, -0.2) is 0 Å². The molecule has 1 aromatic carbocycles. The van der Waals surface area contributed by atoms with E-state index in [1.54, 1.807) is 17.8 Å². The highest BCUT2D eigenvalue weighted by Gasteiger charge is 2.29. The molecule has 1 N–H and O–H groups in total. The van der Waals surface area contributed by atoms with Crippen LogP contribution < -0.4 is 5.32 Å². The molecule has 2 rings (SSSR count). The predicted molar refractivity (Wildman–Crippen MR) is 80.0 cm³/mol. The maximum absolute atomic E-state index is 12.1. The number of benzene rings is 1. The van der Waals surface area contributed by atoms with E-state index in [0.29, 0.717) is 5.02 Å². The lowest BCUT2D eigenvalue weighted by Gasteiger charge is -2.13. The Morgan fingerprint density at radius 2 is 2.32 bits per heavy atom. The molecule has 0 aliphatic carbocycles. The Morgan fingerprint density at radius 3 is 2.89 bits per heavy atom. The highest BCUT2D eigenvalue weighted by molar-refractivity contribution is 7.98. The zero-order valence-corrected chi connectivity index (χ0v) is 12.7. The minimum atomic E-state index is -0.330. The summed E-state index contributed by atoms with van der Waals surface area (Å²) in [6.07, 6.45) is 4.57. The van der Waals surface area contributed by atoms with Crippen LogP contribution in [-0.4, -0.2) is 24.4 Å². The molecule has 19 heavy (non-hydrogen) atoms. The zero-order chi connectivity index (χ0) is 13.8. The number of hydrogen-bond acceptors (Lipinski definition) is 3. The van der Waals surface area contributed by atoms with E-state index in [1.165, 1.54) is 0 Å². The van der Waals surface area contributed by atoms with Gasteiger partial charge in [0.25, 0.3) is 5.91 Å². The fourth-order valence-electron chi connectivity index (χ4n) is 2.17. The molecule has 3 nitrogen and oxygen atoms in total. The van der Waals surface area contributed by atoms with Gasteiger partial charge in [-0.1, -0.05) is 18.5 Å². The second-order valence-corrected chi connectivity index (χ2v) is 5.83. The third kappa shape index (κ3) is 3.65. The summed E-state index contributed by atoms with van der Waals surface area (Å²) in [5, 5.41) is 3.52. The van der Waals surface area contributed by atoms with Crippen LogP contribution in [0.3, 0.4) is 0 Å². The maximum atomic E-state index is 12.1. The van der Waals surface area contributed by atoms with Crippen molar-refractivity contribution in [1.82, 2.24) is 0 Å². The van der Waals surface area contributed by atoms with Crippen LogP contribution in [0.15, 0.2) is 23.1 Å². The van der Waals surface area contributed by atoms with E-state index < -0.39 is 0 Å². The molecule has 0 bridgehead atoms. The van der Waals surface area contributed by atoms with Gasteiger partial charge in [-0.2, -0.15) is 0 Å². The number of nitrogens with one attached hydrogen (secondary N) is 1. The average Bonchev–Trinajstić information content (AvgIpc) is 2.88. The molecular formula is C14H18ClNO2S. The van der Waals surface area contributed by atoms with Crippen LogP contribution >= 0.6 is 23.4 Å². The molecule has 1 heterocycles. The summed E-state index contributed by atoms with van der Waals surface area (Å²) in [6.45, 7) is 2.08. The predicted octanol–water partition coefficient (Wildman–Crippen LogP) is 3.96. The van der Waals surface area contributed by atoms with Crippen LogP contribution in [-0.2, 0) is 9.53 Å². The number of hydrogen-bond donors (Lipinski definition) is 1. The van der Waals surface area contributed by atoms with Crippen molar-refractivity contribution in [2.75, 3.05) is 11.6 Å². The third-order valence-corrected chi connectivity index (χ3v) is 4.50. The Balaban J connectivity index is 1.97. The van der Waals surface area contributed by atoms with Gasteiger partial charge in [0.15, 0.2) is 0 Å². The van der Waals surface area contributed by atoms with Gasteiger partial charge in [-0.05, 0) is 43.7 Å². The van der Waals surface area contributed by atoms with Crippen molar-refractivity contribution >= 4 is 35.0 Å². The van der Waals surface area contributed by atoms with Crippen molar-refractivity contribution < 1.29 is 9.53 Å². The van der Waals surface area contributed by atoms with E-state index in [4.69, 9.17) is 16.3 Å². The molecule has 5 heteroatoms. The molecule has 0 saturated carbocycles. The first-order valence-corrected chi connectivity index (χ1v) is 8.04. The zero-order valence-electron chi connectivity index (χ0n) is 11.1. The van der Waals surface area contributed by atoms with Crippen molar-refractivity contribution in [3.63, 3.8) is 0 Å². The lowest BCUT2D eigenvalue weighted by atomic mass is 10.1. The summed E-state index contributed by atoms with van der Waals surface area (Å²) in [5.41, 5.74) is 0.719. The molecule has 1 aliphatic heterocycles. The standard InChI is InChI=1S/C14H18ClNO2S/c1-3-10-5-6-12(18-10)14(17)16-9-4-7-13(19-2)11(15)8-9/h4,7-8,10,12H,3,5-6H2,1-2H3,(H,16,17)/t10-,12+/m1/s1. The largest absolute Gasteiger partial charge is 0.365 e. The number of anilines is 1. The monoisotopic (exact) mass is 299 g/mol. The van der Waals surface area contributed by atoms with E-state index in [9.17, 15) is 4.79 Å². The van der Waals surface area contributed by atoms with E-state index in [-0.39, 0.29) is 18.1 Å². The minimum absolute atomic E-state index is 0.0797. The number of carbonyl (C=O) groups excluding carboxylic acids is 1. The summed E-state index contributed by atoms with van der Waals surface area (Å²) < 4.78 is 5.67. The first-order valence-electron chi connectivity index (χ1n) is 6.44. The third-order valence-electron chi connectivity index (χ3n) is 3.27. The number of halogens is 1. The smallest absolute Gasteiger partial charge is 0.253 e. The maximum Gasteiger partial charge on any atom is 0.253 e. The molecule has 1 fully saturated rings. The average molecular weight is 300 g/mol. The number of amides is 1. The molecule has 104 valence electrons. The van der Waals surface area contributed by atoms with E-state index in [1.807, 2.05) is 18.4 Å². The molecule has 0 radical (unpaired) electrons. The van der Waals surface area contributed by atoms with Crippen molar-refractivity contribution in [1.29, 1.82) is 0 Å². The van der Waals surface area contributed by atoms with Crippen LogP contribution in [0, 0.1) is 0 Å². The first kappa shape index (κ1) is 14.7. The summed E-state index contributed by atoms with van der Waals surface area (Å²) in [4.78, 5) is 13.1. The van der Waals surface area contributed by atoms with Crippen LogP contribution in [0.25, 0.3) is 0 Å². The van der Waals surface area contributed by atoms with Gasteiger partial charge in [0.1, 0.15) is 6.10 Å². The lowest BCUT2D eigenvalue weighted by Crippen LogP contribution is -2.27. The molecule has 1 aromatic rings. The molecular weight excluding hydrogens is 282 g/mol. The highest BCUT2D eigenvalue weighted by atomic mass is 35.5. The number of ether oxygens (including phenoxy) is 1. The van der Waals surface area contributed by atoms with Gasteiger partial charge in [0.05, 0.1) is 11.1 Å². The summed E-state index contributed by atoms with van der Waals surface area (Å²) in [5.74, 6) is -0.0797. The van der Waals surface area contributed by atoms with Crippen molar-refractivity contribution in [3.05, 3.63) is 23.2 Å². The molecule has 2 atom stereocenters. The van der Waals surface area contributed by atoms with E-state index >= 15 is 0 Å². The summed E-state index contributed by atoms with van der Waals surface area (Å²) in [6, 6.07) is 5.55. The van der Waals surface area contributed by atoms with Crippen LogP contribution in [0.5, 0.6) is 0 Å². The van der Waals surface area contributed by atoms with Crippen LogP contribution in [0.1, 0.15) is 26.2 Å². The number of rotatable bonds is 4. The van der Waals surface area contributed by atoms with Gasteiger partial charge in [0.2, 0.25) is 0 Å². The quantitative estimate of drug-likeness (QED) is 0.855. The topological polar surface area (TPSA) is 38.3 Å². The molecule has 0 unspecified atom stereocenters. The lowest BCUT2D eigenvalue weighted by molar-refractivity contribution is -0.126. The van der Waals surface area contributed by atoms with Crippen molar-refractivity contribution in [3.8, 4) is 0 Å². The summed E-state index contributed by atoms with van der Waals surface area (Å²) in [7, 11) is 0. The molecule has 1 aliphatic rings. The van der Waals surface area contributed by atoms with Crippen LogP contribution in [0.4, 0.5) is 5.69 Å². The SMILES string of the molecule is CC[C@@H]1CC[C@@H](C(=O)Nc2ccc(SC)c(Cl)c2)O1. The Hall–Kier alpha value is -0.710. The van der Waals surface area contributed by atoms with Gasteiger partial charge >= 0.3 is 0 Å². The Bertz CT molecular complexity index is 467. The number of thioether (sulfide) groups is 1. The van der Waals surface area contributed by atoms with E-state index in [2.05, 4.69) is 12.2 Å². The van der Waals surface area contributed by atoms with Gasteiger partial charge < -0.3 is 10.1 Å². The fourth-order valence-corrected chi connectivity index (χ4v) is 3.04. The molecule has 1 amide bonds. The number of carbonyl (C=O) groups is 1. The fraction of sp³-hybridized carbons (Fsp3) is 0.500. The summed E-state index contributed by atoms with van der Waals surface area (Å²) >= 11 is 7.70. The molecule has 0 spiro atoms. The van der Waals surface area contributed by atoms with E-state index in [0.717, 1.165) is 29.8 Å².